The van der Waals surface area contributed by atoms with Gasteiger partial charge in [0.1, 0.15) is 0 Å². The van der Waals surface area contributed by atoms with Crippen LogP contribution in [0.5, 0.6) is 11.5 Å². The molecule has 1 amide bonds. The molecule has 0 saturated heterocycles. The molecule has 168 valence electrons. The van der Waals surface area contributed by atoms with Crippen molar-refractivity contribution in [1.29, 1.82) is 0 Å². The molecule has 1 aromatic heterocycles. The van der Waals surface area contributed by atoms with Crippen LogP contribution in [0.15, 0.2) is 47.9 Å². The fourth-order valence-electron chi connectivity index (χ4n) is 3.03. The number of benzene rings is 2. The Bertz CT molecular complexity index is 1090. The van der Waals surface area contributed by atoms with Crippen LogP contribution in [-0.2, 0) is 4.79 Å². The number of hydrogen-bond acceptors (Lipinski definition) is 5. The second kappa shape index (κ2) is 11.5. The summed E-state index contributed by atoms with van der Waals surface area (Å²) in [6.45, 7) is 9.44. The Morgan fingerprint density at radius 3 is 2.66 bits per heavy atom. The van der Waals surface area contributed by atoms with Gasteiger partial charge in [0.15, 0.2) is 16.6 Å². The minimum Gasteiger partial charge on any atom is -0.490 e. The Balaban J connectivity index is 1.64. The van der Waals surface area contributed by atoms with Crippen molar-refractivity contribution in [3.63, 3.8) is 0 Å². The van der Waals surface area contributed by atoms with Gasteiger partial charge < -0.3 is 9.47 Å². The third-order valence-corrected chi connectivity index (χ3v) is 5.74. The van der Waals surface area contributed by atoms with Crippen LogP contribution in [0, 0.1) is 13.8 Å². The predicted molar refractivity (Wildman–Crippen MR) is 133 cm³/mol. The van der Waals surface area contributed by atoms with E-state index in [0.717, 1.165) is 35.4 Å². The smallest absolute Gasteiger partial charge is 0.250 e. The number of unbranched alkanes of at least 4 members (excludes halogenated alkanes) is 1. The van der Waals surface area contributed by atoms with E-state index in [0.29, 0.717) is 24.1 Å². The Kier molecular flexibility index (Phi) is 8.45. The van der Waals surface area contributed by atoms with Gasteiger partial charge in [0.2, 0.25) is 5.91 Å². The van der Waals surface area contributed by atoms with E-state index in [-0.39, 0.29) is 5.91 Å². The Morgan fingerprint density at radius 2 is 1.91 bits per heavy atom. The second-order valence-electron chi connectivity index (χ2n) is 7.50. The number of carbonyl (C=O) groups excluding carboxylic acids is 1. The molecule has 0 bridgehead atoms. The zero-order valence-electron chi connectivity index (χ0n) is 19.1. The van der Waals surface area contributed by atoms with Gasteiger partial charge in [-0.15, -0.1) is 11.3 Å². The molecule has 1 N–H and O–H groups in total. The van der Waals surface area contributed by atoms with Crippen molar-refractivity contribution in [3.05, 3.63) is 64.5 Å². The molecule has 6 heteroatoms. The molecule has 5 nitrogen and oxygen atoms in total. The number of rotatable bonds is 10. The molecule has 3 rings (SSSR count). The lowest BCUT2D eigenvalue weighted by atomic mass is 10.1. The lowest BCUT2D eigenvalue weighted by Crippen LogP contribution is -2.07. The van der Waals surface area contributed by atoms with Crippen molar-refractivity contribution in [2.45, 2.75) is 40.5 Å². The molecule has 32 heavy (non-hydrogen) atoms. The molecule has 0 unspecified atom stereocenters. The number of nitrogens with one attached hydrogen (secondary N) is 1. The van der Waals surface area contributed by atoms with Crippen LogP contribution in [-0.4, -0.2) is 24.1 Å². The second-order valence-corrected chi connectivity index (χ2v) is 8.36. The first-order chi connectivity index (χ1) is 15.5. The predicted octanol–water partition coefficient (Wildman–Crippen LogP) is 6.66. The molecule has 1 heterocycles. The Labute approximate surface area is 194 Å². The monoisotopic (exact) mass is 450 g/mol. The molecule has 0 atom stereocenters. The number of aryl methyl sites for hydroxylation is 2. The van der Waals surface area contributed by atoms with E-state index in [1.807, 2.05) is 30.5 Å². The zero-order valence-corrected chi connectivity index (χ0v) is 19.9. The van der Waals surface area contributed by atoms with Crippen molar-refractivity contribution in [3.8, 4) is 22.8 Å². The summed E-state index contributed by atoms with van der Waals surface area (Å²) in [5.74, 6) is 1.18. The van der Waals surface area contributed by atoms with Crippen LogP contribution in [0.25, 0.3) is 17.3 Å². The lowest BCUT2D eigenvalue weighted by Gasteiger charge is -2.12. The Morgan fingerprint density at radius 1 is 1.06 bits per heavy atom. The van der Waals surface area contributed by atoms with Crippen LogP contribution >= 0.6 is 11.3 Å². The molecule has 0 saturated carbocycles. The van der Waals surface area contributed by atoms with E-state index < -0.39 is 0 Å². The van der Waals surface area contributed by atoms with E-state index in [9.17, 15) is 4.79 Å². The molecule has 0 aliphatic carbocycles. The minimum absolute atomic E-state index is 0.229. The van der Waals surface area contributed by atoms with Crippen molar-refractivity contribution in [2.24, 2.45) is 0 Å². The highest BCUT2D eigenvalue weighted by atomic mass is 32.1. The van der Waals surface area contributed by atoms with Crippen LogP contribution in [0.2, 0.25) is 0 Å². The van der Waals surface area contributed by atoms with Gasteiger partial charge in [0.05, 0.1) is 18.9 Å². The largest absolute Gasteiger partial charge is 0.490 e. The third kappa shape index (κ3) is 6.44. The van der Waals surface area contributed by atoms with Crippen LogP contribution in [0.3, 0.4) is 0 Å². The molecular weight excluding hydrogens is 420 g/mol. The average molecular weight is 451 g/mol. The maximum atomic E-state index is 12.4. The highest BCUT2D eigenvalue weighted by Gasteiger charge is 2.09. The average Bonchev–Trinajstić information content (AvgIpc) is 3.24. The van der Waals surface area contributed by atoms with Gasteiger partial charge in [-0.05, 0) is 68.2 Å². The van der Waals surface area contributed by atoms with Gasteiger partial charge in [0.25, 0.3) is 0 Å². The maximum Gasteiger partial charge on any atom is 0.250 e. The van der Waals surface area contributed by atoms with E-state index in [2.05, 4.69) is 49.3 Å². The number of amides is 1. The number of nitrogens with zero attached hydrogens (tertiary/aromatic N) is 1. The first-order valence-electron chi connectivity index (χ1n) is 10.9. The SMILES string of the molecule is CCCCOc1ccc(/C=C/C(=O)Nc2nc(-c3ccc(C)c(C)c3)cs2)cc1OCC. The van der Waals surface area contributed by atoms with E-state index in [1.54, 1.807) is 6.08 Å². The van der Waals surface area contributed by atoms with Gasteiger partial charge in [-0.1, -0.05) is 31.5 Å². The highest BCUT2D eigenvalue weighted by Crippen LogP contribution is 2.29. The summed E-state index contributed by atoms with van der Waals surface area (Å²) in [6, 6.07) is 11.9. The number of carbonyl (C=O) groups is 1. The van der Waals surface area contributed by atoms with E-state index in [1.165, 1.54) is 28.5 Å². The van der Waals surface area contributed by atoms with Gasteiger partial charge >= 0.3 is 0 Å². The molecule has 2 aromatic carbocycles. The third-order valence-electron chi connectivity index (χ3n) is 4.99. The van der Waals surface area contributed by atoms with Gasteiger partial charge in [0, 0.05) is 17.0 Å². The quantitative estimate of drug-likeness (QED) is 0.277. The van der Waals surface area contributed by atoms with Crippen molar-refractivity contribution in [2.75, 3.05) is 18.5 Å². The maximum absolute atomic E-state index is 12.4. The minimum atomic E-state index is -0.229. The molecule has 3 aromatic rings. The summed E-state index contributed by atoms with van der Waals surface area (Å²) in [4.78, 5) is 16.9. The fraction of sp³-hybridized carbons (Fsp3) is 0.308. The summed E-state index contributed by atoms with van der Waals surface area (Å²) >= 11 is 1.41. The van der Waals surface area contributed by atoms with Crippen LogP contribution in [0.1, 0.15) is 43.4 Å². The van der Waals surface area contributed by atoms with Crippen molar-refractivity contribution >= 4 is 28.5 Å². The molecule has 0 aliphatic heterocycles. The standard InChI is InChI=1S/C26H30N2O3S/c1-5-7-14-31-23-12-9-20(16-24(23)30-6-2)10-13-25(29)28-26-27-22(17-32-26)21-11-8-18(3)19(4)15-21/h8-13,15-17H,5-7,14H2,1-4H3,(H,27,28,29)/b13-10+. The van der Waals surface area contributed by atoms with Gasteiger partial charge in [-0.25, -0.2) is 4.98 Å². The molecule has 0 aliphatic rings. The van der Waals surface area contributed by atoms with Crippen LogP contribution in [0.4, 0.5) is 5.13 Å². The topological polar surface area (TPSA) is 60.5 Å². The summed E-state index contributed by atoms with van der Waals surface area (Å²) < 4.78 is 11.5. The fourth-order valence-corrected chi connectivity index (χ4v) is 3.75. The number of anilines is 1. The van der Waals surface area contributed by atoms with Crippen LogP contribution < -0.4 is 14.8 Å². The summed E-state index contributed by atoms with van der Waals surface area (Å²) in [7, 11) is 0. The normalized spacial score (nSPS) is 11.0. The van der Waals surface area contributed by atoms with Crippen molar-refractivity contribution < 1.29 is 14.3 Å². The van der Waals surface area contributed by atoms with E-state index >= 15 is 0 Å². The number of thiazole rings is 1. The Hall–Kier alpha value is -3.12. The number of aromatic nitrogens is 1. The molecule has 0 radical (unpaired) electrons. The first-order valence-corrected chi connectivity index (χ1v) is 11.8. The summed E-state index contributed by atoms with van der Waals surface area (Å²) in [5, 5.41) is 5.36. The number of ether oxygens (including phenoxy) is 2. The summed E-state index contributed by atoms with van der Waals surface area (Å²) in [6.07, 6.45) is 5.33. The molecular formula is C26H30N2O3S. The van der Waals surface area contributed by atoms with Gasteiger partial charge in [-0.2, -0.15) is 0 Å². The van der Waals surface area contributed by atoms with Gasteiger partial charge in [-0.3, -0.25) is 10.1 Å². The molecule has 0 fully saturated rings. The summed E-state index contributed by atoms with van der Waals surface area (Å²) in [5.41, 5.74) is 5.23. The van der Waals surface area contributed by atoms with Crippen molar-refractivity contribution in [1.82, 2.24) is 4.98 Å². The van der Waals surface area contributed by atoms with E-state index in [4.69, 9.17) is 9.47 Å². The zero-order chi connectivity index (χ0) is 22.9. The highest BCUT2D eigenvalue weighted by molar-refractivity contribution is 7.14. The molecule has 0 spiro atoms. The number of hydrogen-bond donors (Lipinski definition) is 1. The lowest BCUT2D eigenvalue weighted by molar-refractivity contribution is -0.111. The first kappa shape index (κ1) is 23.5.